The predicted molar refractivity (Wildman–Crippen MR) is 62.7 cm³/mol. The number of aromatic nitrogens is 1. The highest BCUT2D eigenvalue weighted by molar-refractivity contribution is 5.95. The van der Waals surface area contributed by atoms with Gasteiger partial charge in [-0.3, -0.25) is 5.41 Å². The van der Waals surface area contributed by atoms with Crippen LogP contribution < -0.4 is 10.6 Å². The van der Waals surface area contributed by atoms with Crippen molar-refractivity contribution >= 4 is 11.7 Å². The number of amidine groups is 1. The van der Waals surface area contributed by atoms with Gasteiger partial charge in [-0.1, -0.05) is 0 Å². The molecule has 0 saturated carbocycles. The SMILES string of the molecule is N=C(N)c1ccnc(N2CCC(O)CC2)c1. The van der Waals surface area contributed by atoms with Crippen LogP contribution in [0, 0.1) is 5.41 Å². The first-order valence-corrected chi connectivity index (χ1v) is 5.40. The minimum Gasteiger partial charge on any atom is -0.393 e. The average molecular weight is 220 g/mol. The molecule has 2 heterocycles. The van der Waals surface area contributed by atoms with E-state index in [9.17, 15) is 5.11 Å². The fourth-order valence-corrected chi connectivity index (χ4v) is 1.85. The number of nitrogens with zero attached hydrogens (tertiary/aromatic N) is 2. The number of aliphatic hydroxyl groups excluding tert-OH is 1. The molecule has 1 aromatic heterocycles. The first-order valence-electron chi connectivity index (χ1n) is 5.40. The third-order valence-corrected chi connectivity index (χ3v) is 2.84. The molecule has 16 heavy (non-hydrogen) atoms. The van der Waals surface area contributed by atoms with Crippen molar-refractivity contribution in [1.82, 2.24) is 4.98 Å². The summed E-state index contributed by atoms with van der Waals surface area (Å²) in [5, 5.41) is 16.8. The quantitative estimate of drug-likeness (QED) is 0.495. The summed E-state index contributed by atoms with van der Waals surface area (Å²) in [6, 6.07) is 3.55. The molecule has 0 aromatic carbocycles. The molecular formula is C11H16N4O. The van der Waals surface area contributed by atoms with Crippen LogP contribution in [0.25, 0.3) is 0 Å². The van der Waals surface area contributed by atoms with Gasteiger partial charge in [-0.15, -0.1) is 0 Å². The fourth-order valence-electron chi connectivity index (χ4n) is 1.85. The van der Waals surface area contributed by atoms with E-state index in [2.05, 4.69) is 9.88 Å². The van der Waals surface area contributed by atoms with E-state index in [1.807, 2.05) is 6.07 Å². The lowest BCUT2D eigenvalue weighted by atomic mass is 10.1. The highest BCUT2D eigenvalue weighted by atomic mass is 16.3. The summed E-state index contributed by atoms with van der Waals surface area (Å²) in [6.07, 6.45) is 3.02. The Hall–Kier alpha value is -1.62. The lowest BCUT2D eigenvalue weighted by Crippen LogP contribution is -2.36. The molecule has 0 amide bonds. The van der Waals surface area contributed by atoms with Crippen molar-refractivity contribution in [3.63, 3.8) is 0 Å². The van der Waals surface area contributed by atoms with E-state index >= 15 is 0 Å². The molecule has 86 valence electrons. The van der Waals surface area contributed by atoms with Gasteiger partial charge in [0.15, 0.2) is 0 Å². The zero-order valence-electron chi connectivity index (χ0n) is 9.06. The van der Waals surface area contributed by atoms with Gasteiger partial charge < -0.3 is 15.7 Å². The number of pyridine rings is 1. The van der Waals surface area contributed by atoms with Crippen molar-refractivity contribution in [2.24, 2.45) is 5.73 Å². The van der Waals surface area contributed by atoms with E-state index < -0.39 is 0 Å². The number of nitrogens with two attached hydrogens (primary N) is 1. The lowest BCUT2D eigenvalue weighted by molar-refractivity contribution is 0.145. The molecule has 2 rings (SSSR count). The molecule has 4 N–H and O–H groups in total. The summed E-state index contributed by atoms with van der Waals surface area (Å²) < 4.78 is 0. The molecular weight excluding hydrogens is 204 g/mol. The largest absolute Gasteiger partial charge is 0.393 e. The fraction of sp³-hybridized carbons (Fsp3) is 0.455. The lowest BCUT2D eigenvalue weighted by Gasteiger charge is -2.30. The number of piperidine rings is 1. The Labute approximate surface area is 94.4 Å². The highest BCUT2D eigenvalue weighted by Gasteiger charge is 2.18. The summed E-state index contributed by atoms with van der Waals surface area (Å²) in [5.74, 6) is 0.889. The Morgan fingerprint density at radius 1 is 1.50 bits per heavy atom. The first kappa shape index (κ1) is 10.9. The second-order valence-corrected chi connectivity index (χ2v) is 4.03. The number of hydrogen-bond acceptors (Lipinski definition) is 4. The van der Waals surface area contributed by atoms with Crippen molar-refractivity contribution in [2.75, 3.05) is 18.0 Å². The Balaban J connectivity index is 2.14. The van der Waals surface area contributed by atoms with E-state index in [0.717, 1.165) is 31.7 Å². The summed E-state index contributed by atoms with van der Waals surface area (Å²) >= 11 is 0. The highest BCUT2D eigenvalue weighted by Crippen LogP contribution is 2.18. The van der Waals surface area contributed by atoms with Crippen molar-refractivity contribution in [2.45, 2.75) is 18.9 Å². The topological polar surface area (TPSA) is 86.2 Å². The molecule has 0 unspecified atom stereocenters. The predicted octanol–water partition coefficient (Wildman–Crippen LogP) is 0.327. The molecule has 0 radical (unpaired) electrons. The zero-order chi connectivity index (χ0) is 11.5. The van der Waals surface area contributed by atoms with Crippen LogP contribution >= 0.6 is 0 Å². The number of anilines is 1. The van der Waals surface area contributed by atoms with Gasteiger partial charge in [0.2, 0.25) is 0 Å². The Morgan fingerprint density at radius 2 is 2.19 bits per heavy atom. The number of hydrogen-bond donors (Lipinski definition) is 3. The van der Waals surface area contributed by atoms with Gasteiger partial charge in [-0.05, 0) is 25.0 Å². The molecule has 1 fully saturated rings. The van der Waals surface area contributed by atoms with Crippen molar-refractivity contribution in [3.05, 3.63) is 23.9 Å². The first-order chi connectivity index (χ1) is 7.66. The summed E-state index contributed by atoms with van der Waals surface area (Å²) in [4.78, 5) is 6.37. The summed E-state index contributed by atoms with van der Waals surface area (Å²) in [7, 11) is 0. The van der Waals surface area contributed by atoms with Gasteiger partial charge in [0.05, 0.1) is 6.10 Å². The molecule has 5 nitrogen and oxygen atoms in total. The van der Waals surface area contributed by atoms with Crippen molar-refractivity contribution < 1.29 is 5.11 Å². The second kappa shape index (κ2) is 4.49. The van der Waals surface area contributed by atoms with E-state index in [4.69, 9.17) is 11.1 Å². The molecule has 1 aliphatic rings. The van der Waals surface area contributed by atoms with Gasteiger partial charge >= 0.3 is 0 Å². The minimum atomic E-state index is -0.188. The van der Waals surface area contributed by atoms with E-state index in [0.29, 0.717) is 5.56 Å². The van der Waals surface area contributed by atoms with Crippen molar-refractivity contribution in [3.8, 4) is 0 Å². The van der Waals surface area contributed by atoms with Gasteiger partial charge in [0, 0.05) is 24.8 Å². The maximum Gasteiger partial charge on any atom is 0.129 e. The Kier molecular flexibility index (Phi) is 3.05. The molecule has 5 heteroatoms. The molecule has 1 saturated heterocycles. The van der Waals surface area contributed by atoms with Crippen LogP contribution in [0.2, 0.25) is 0 Å². The van der Waals surface area contributed by atoms with Crippen LogP contribution in [0.1, 0.15) is 18.4 Å². The van der Waals surface area contributed by atoms with Gasteiger partial charge in [0.1, 0.15) is 11.7 Å². The smallest absolute Gasteiger partial charge is 0.129 e. The third-order valence-electron chi connectivity index (χ3n) is 2.84. The Bertz CT molecular complexity index is 385. The summed E-state index contributed by atoms with van der Waals surface area (Å²) in [6.45, 7) is 1.60. The average Bonchev–Trinajstić information content (AvgIpc) is 2.30. The van der Waals surface area contributed by atoms with E-state index in [1.54, 1.807) is 12.3 Å². The maximum absolute atomic E-state index is 9.42. The monoisotopic (exact) mass is 220 g/mol. The second-order valence-electron chi connectivity index (χ2n) is 4.03. The van der Waals surface area contributed by atoms with Gasteiger partial charge in [-0.2, -0.15) is 0 Å². The van der Waals surface area contributed by atoms with Crippen LogP contribution in [-0.2, 0) is 0 Å². The van der Waals surface area contributed by atoms with Gasteiger partial charge in [0.25, 0.3) is 0 Å². The molecule has 0 bridgehead atoms. The van der Waals surface area contributed by atoms with Crippen molar-refractivity contribution in [1.29, 1.82) is 5.41 Å². The number of rotatable bonds is 2. The standard InChI is InChI=1S/C11H16N4O/c12-11(13)8-1-4-14-10(7-8)15-5-2-9(16)3-6-15/h1,4,7,9,16H,2-3,5-6H2,(H3,12,13). The summed E-state index contributed by atoms with van der Waals surface area (Å²) in [5.41, 5.74) is 6.12. The maximum atomic E-state index is 9.42. The normalized spacial score (nSPS) is 17.4. The molecule has 1 aromatic rings. The zero-order valence-corrected chi connectivity index (χ0v) is 9.06. The van der Waals surface area contributed by atoms with Crippen LogP contribution in [-0.4, -0.2) is 35.1 Å². The van der Waals surface area contributed by atoms with E-state index in [1.165, 1.54) is 0 Å². The van der Waals surface area contributed by atoms with E-state index in [-0.39, 0.29) is 11.9 Å². The van der Waals surface area contributed by atoms with Gasteiger partial charge in [-0.25, -0.2) is 4.98 Å². The molecule has 0 spiro atoms. The molecule has 0 atom stereocenters. The van der Waals surface area contributed by atoms with Crippen LogP contribution in [0.15, 0.2) is 18.3 Å². The number of nitrogens with one attached hydrogen (secondary N) is 1. The molecule has 0 aliphatic carbocycles. The third kappa shape index (κ3) is 2.30. The molecule has 1 aliphatic heterocycles. The van der Waals surface area contributed by atoms with Crippen LogP contribution in [0.4, 0.5) is 5.82 Å². The minimum absolute atomic E-state index is 0.0562. The Morgan fingerprint density at radius 3 is 2.81 bits per heavy atom. The number of nitrogen functional groups attached to an aromatic ring is 1. The van der Waals surface area contributed by atoms with Crippen LogP contribution in [0.3, 0.4) is 0 Å². The number of aliphatic hydroxyl groups is 1. The van der Waals surface area contributed by atoms with Crippen LogP contribution in [0.5, 0.6) is 0 Å².